The highest BCUT2D eigenvalue weighted by Crippen LogP contribution is 2.24. The van der Waals surface area contributed by atoms with Crippen molar-refractivity contribution < 1.29 is 9.53 Å². The molecule has 2 aliphatic rings. The number of allylic oxidation sites excluding steroid dienone is 1. The van der Waals surface area contributed by atoms with Gasteiger partial charge in [0.2, 0.25) is 0 Å². The van der Waals surface area contributed by atoms with Gasteiger partial charge in [0.25, 0.3) is 0 Å². The van der Waals surface area contributed by atoms with Gasteiger partial charge < -0.3 is 15.8 Å². The van der Waals surface area contributed by atoms with Crippen LogP contribution in [0.2, 0.25) is 0 Å². The molecule has 0 saturated heterocycles. The first-order valence-electron chi connectivity index (χ1n) is 5.01. The fourth-order valence-electron chi connectivity index (χ4n) is 1.78. The van der Waals surface area contributed by atoms with Gasteiger partial charge in [-0.15, -0.1) is 0 Å². The van der Waals surface area contributed by atoms with Crippen LogP contribution in [0.15, 0.2) is 35.7 Å². The fraction of sp³-hybridized carbons (Fsp3) is 0.364. The quantitative estimate of drug-likeness (QED) is 0.643. The van der Waals surface area contributed by atoms with Crippen molar-refractivity contribution >= 4 is 5.97 Å². The van der Waals surface area contributed by atoms with Gasteiger partial charge in [-0.2, -0.15) is 0 Å². The van der Waals surface area contributed by atoms with Crippen molar-refractivity contribution in [2.75, 3.05) is 6.61 Å². The molecule has 0 aromatic rings. The van der Waals surface area contributed by atoms with E-state index in [1.54, 1.807) is 6.92 Å². The maximum atomic E-state index is 11.4. The van der Waals surface area contributed by atoms with Gasteiger partial charge in [-0.1, -0.05) is 12.2 Å². The second kappa shape index (κ2) is 3.81. The average Bonchev–Trinajstić information content (AvgIpc) is 2.60. The summed E-state index contributed by atoms with van der Waals surface area (Å²) in [6.45, 7) is 2.18. The normalized spacial score (nSPS) is 27.5. The van der Waals surface area contributed by atoms with Gasteiger partial charge in [0.1, 0.15) is 5.70 Å². The molecule has 2 atom stereocenters. The number of nitrogens with two attached hydrogens (primary N) is 1. The van der Waals surface area contributed by atoms with E-state index in [1.165, 1.54) is 0 Å². The van der Waals surface area contributed by atoms with Crippen LogP contribution >= 0.6 is 0 Å². The zero-order valence-electron chi connectivity index (χ0n) is 8.57. The predicted octanol–water partition coefficient (Wildman–Crippen LogP) is 0.434. The van der Waals surface area contributed by atoms with E-state index < -0.39 is 0 Å². The summed E-state index contributed by atoms with van der Waals surface area (Å²) in [7, 11) is 0. The molecular weight excluding hydrogens is 192 g/mol. The van der Waals surface area contributed by atoms with Crippen molar-refractivity contribution in [3.63, 3.8) is 0 Å². The number of carbonyl (C=O) groups is 1. The highest BCUT2D eigenvalue weighted by molar-refractivity contribution is 5.88. The van der Waals surface area contributed by atoms with E-state index in [4.69, 9.17) is 10.5 Å². The monoisotopic (exact) mass is 206 g/mol. The van der Waals surface area contributed by atoms with Crippen LogP contribution in [-0.2, 0) is 9.53 Å². The van der Waals surface area contributed by atoms with Crippen LogP contribution in [0.1, 0.15) is 6.92 Å². The Morgan fingerprint density at radius 2 is 2.40 bits per heavy atom. The van der Waals surface area contributed by atoms with Gasteiger partial charge in [-0.3, -0.25) is 0 Å². The standard InChI is InChI=1S/C11H14N2O2/c1-2-15-11(14)10-6-7-5-8(12)3-4-9(7)13-10/h3-7,9,13H,2,12H2,1H3. The second-order valence-corrected chi connectivity index (χ2v) is 3.57. The summed E-state index contributed by atoms with van der Waals surface area (Å²) in [6, 6.07) is 0.136. The smallest absolute Gasteiger partial charge is 0.354 e. The first kappa shape index (κ1) is 9.83. The van der Waals surface area contributed by atoms with Crippen LogP contribution < -0.4 is 11.1 Å². The van der Waals surface area contributed by atoms with Crippen molar-refractivity contribution in [3.05, 3.63) is 35.7 Å². The van der Waals surface area contributed by atoms with E-state index in [2.05, 4.69) is 5.32 Å². The third-order valence-corrected chi connectivity index (χ3v) is 2.47. The summed E-state index contributed by atoms with van der Waals surface area (Å²) in [4.78, 5) is 11.4. The zero-order valence-corrected chi connectivity index (χ0v) is 8.57. The Morgan fingerprint density at radius 1 is 1.60 bits per heavy atom. The maximum Gasteiger partial charge on any atom is 0.354 e. The molecule has 15 heavy (non-hydrogen) atoms. The van der Waals surface area contributed by atoms with Crippen LogP contribution in [0.4, 0.5) is 0 Å². The Bertz CT molecular complexity index is 369. The van der Waals surface area contributed by atoms with Gasteiger partial charge in [0, 0.05) is 11.6 Å². The van der Waals surface area contributed by atoms with Crippen molar-refractivity contribution in [1.29, 1.82) is 0 Å². The molecule has 0 aromatic heterocycles. The van der Waals surface area contributed by atoms with E-state index in [-0.39, 0.29) is 17.9 Å². The summed E-state index contributed by atoms with van der Waals surface area (Å²) in [5.74, 6) is -0.137. The lowest BCUT2D eigenvalue weighted by Crippen LogP contribution is -2.30. The number of fused-ring (bicyclic) bond motifs is 1. The Labute approximate surface area is 88.5 Å². The first-order chi connectivity index (χ1) is 7.20. The van der Waals surface area contributed by atoms with Gasteiger partial charge in [-0.05, 0) is 19.1 Å². The minimum atomic E-state index is -0.299. The van der Waals surface area contributed by atoms with E-state index >= 15 is 0 Å². The molecular formula is C11H14N2O2. The molecule has 1 heterocycles. The van der Waals surface area contributed by atoms with Gasteiger partial charge in [0.15, 0.2) is 0 Å². The molecule has 3 N–H and O–H groups in total. The van der Waals surface area contributed by atoms with E-state index in [0.29, 0.717) is 12.3 Å². The third-order valence-electron chi connectivity index (χ3n) is 2.47. The Morgan fingerprint density at radius 3 is 3.13 bits per heavy atom. The average molecular weight is 206 g/mol. The molecule has 1 aliphatic heterocycles. The van der Waals surface area contributed by atoms with Gasteiger partial charge in [0.05, 0.1) is 12.6 Å². The second-order valence-electron chi connectivity index (χ2n) is 3.57. The molecule has 0 spiro atoms. The Kier molecular flexibility index (Phi) is 2.49. The molecule has 2 unspecified atom stereocenters. The van der Waals surface area contributed by atoms with Crippen molar-refractivity contribution in [2.45, 2.75) is 13.0 Å². The molecule has 0 aromatic carbocycles. The van der Waals surface area contributed by atoms with E-state index in [0.717, 1.165) is 5.70 Å². The minimum absolute atomic E-state index is 0.136. The highest BCUT2D eigenvalue weighted by Gasteiger charge is 2.29. The van der Waals surface area contributed by atoms with Gasteiger partial charge in [-0.25, -0.2) is 4.79 Å². The Balaban J connectivity index is 2.11. The lowest BCUT2D eigenvalue weighted by molar-refractivity contribution is -0.138. The number of nitrogens with one attached hydrogen (secondary N) is 1. The van der Waals surface area contributed by atoms with Crippen LogP contribution in [0.3, 0.4) is 0 Å². The SMILES string of the molecule is CCOC(=O)C1=CC2C=C(N)C=CC2N1. The van der Waals surface area contributed by atoms with E-state index in [1.807, 2.05) is 24.3 Å². The number of hydrogen-bond acceptors (Lipinski definition) is 4. The summed E-state index contributed by atoms with van der Waals surface area (Å²) in [5, 5.41) is 3.10. The fourth-order valence-corrected chi connectivity index (χ4v) is 1.78. The minimum Gasteiger partial charge on any atom is -0.461 e. The molecule has 1 aliphatic carbocycles. The molecule has 0 amide bonds. The van der Waals surface area contributed by atoms with Crippen LogP contribution in [0, 0.1) is 5.92 Å². The maximum absolute atomic E-state index is 11.4. The number of carbonyl (C=O) groups excluding carboxylic acids is 1. The predicted molar refractivity (Wildman–Crippen MR) is 56.5 cm³/mol. The number of rotatable bonds is 2. The lowest BCUT2D eigenvalue weighted by Gasteiger charge is -2.17. The number of esters is 1. The number of ether oxygens (including phenoxy) is 1. The zero-order chi connectivity index (χ0) is 10.8. The largest absolute Gasteiger partial charge is 0.461 e. The van der Waals surface area contributed by atoms with Crippen LogP contribution in [0.5, 0.6) is 0 Å². The van der Waals surface area contributed by atoms with Crippen molar-refractivity contribution in [1.82, 2.24) is 5.32 Å². The lowest BCUT2D eigenvalue weighted by atomic mass is 9.96. The first-order valence-corrected chi connectivity index (χ1v) is 5.01. The summed E-state index contributed by atoms with van der Waals surface area (Å²) >= 11 is 0. The molecule has 0 fully saturated rings. The highest BCUT2D eigenvalue weighted by atomic mass is 16.5. The third kappa shape index (κ3) is 1.88. The van der Waals surface area contributed by atoms with Crippen LogP contribution in [0.25, 0.3) is 0 Å². The summed E-state index contributed by atoms with van der Waals surface area (Å²) < 4.78 is 4.91. The van der Waals surface area contributed by atoms with Crippen molar-refractivity contribution in [3.8, 4) is 0 Å². The van der Waals surface area contributed by atoms with E-state index in [9.17, 15) is 4.79 Å². The Hall–Kier alpha value is -1.71. The molecule has 0 bridgehead atoms. The summed E-state index contributed by atoms with van der Waals surface area (Å²) in [6.07, 6.45) is 7.60. The van der Waals surface area contributed by atoms with Crippen molar-refractivity contribution in [2.24, 2.45) is 11.7 Å². The molecule has 0 saturated carbocycles. The van der Waals surface area contributed by atoms with Gasteiger partial charge >= 0.3 is 5.97 Å². The van der Waals surface area contributed by atoms with Crippen LogP contribution in [-0.4, -0.2) is 18.6 Å². The molecule has 4 heteroatoms. The topological polar surface area (TPSA) is 64.3 Å². The molecule has 80 valence electrons. The molecule has 2 rings (SSSR count). The number of hydrogen-bond donors (Lipinski definition) is 2. The summed E-state index contributed by atoms with van der Waals surface area (Å²) in [5.41, 5.74) is 6.94. The molecule has 4 nitrogen and oxygen atoms in total. The molecule has 0 radical (unpaired) electrons.